The zero-order valence-corrected chi connectivity index (χ0v) is 12.6. The lowest BCUT2D eigenvalue weighted by molar-refractivity contribution is -0.135. The van der Waals surface area contributed by atoms with E-state index >= 15 is 0 Å². The zero-order chi connectivity index (χ0) is 15.4. The molecule has 1 aliphatic carbocycles. The zero-order valence-electron chi connectivity index (χ0n) is 12.6. The van der Waals surface area contributed by atoms with Gasteiger partial charge < -0.3 is 20.1 Å². The number of carbonyl (C=O) groups excluding carboxylic acids is 2. The molecule has 118 valence electrons. The summed E-state index contributed by atoms with van der Waals surface area (Å²) in [6, 6.07) is -0.325. The number of amides is 2. The van der Waals surface area contributed by atoms with Crippen LogP contribution in [0.5, 0.6) is 0 Å². The molecule has 0 spiro atoms. The Kier molecular flexibility index (Phi) is 5.36. The summed E-state index contributed by atoms with van der Waals surface area (Å²) in [7, 11) is 3.39. The van der Waals surface area contributed by atoms with Crippen LogP contribution >= 0.6 is 0 Å². The highest BCUT2D eigenvalue weighted by atomic mass is 16.5. The first-order chi connectivity index (χ1) is 10.0. The van der Waals surface area contributed by atoms with Crippen molar-refractivity contribution in [3.8, 4) is 0 Å². The van der Waals surface area contributed by atoms with Gasteiger partial charge in [0.05, 0.1) is 25.2 Å². The molecule has 3 atom stereocenters. The summed E-state index contributed by atoms with van der Waals surface area (Å²) in [6.45, 7) is -0.188. The molecule has 0 unspecified atom stereocenters. The van der Waals surface area contributed by atoms with Gasteiger partial charge in [0, 0.05) is 20.0 Å². The lowest BCUT2D eigenvalue weighted by atomic mass is 9.84. The molecule has 0 aromatic rings. The maximum absolute atomic E-state index is 12.0. The third-order valence-electron chi connectivity index (χ3n) is 4.12. The molecule has 21 heavy (non-hydrogen) atoms. The minimum atomic E-state index is -0.501. The van der Waals surface area contributed by atoms with E-state index in [4.69, 9.17) is 4.74 Å². The second-order valence-corrected chi connectivity index (χ2v) is 5.93. The smallest absolute Gasteiger partial charge is 0.224 e. The van der Waals surface area contributed by atoms with Crippen LogP contribution in [0.25, 0.3) is 0 Å². The molecule has 2 aliphatic rings. The van der Waals surface area contributed by atoms with Crippen LogP contribution in [0, 0.1) is 5.92 Å². The highest BCUT2D eigenvalue weighted by Crippen LogP contribution is 2.27. The molecule has 1 heterocycles. The minimum absolute atomic E-state index is 0.0285. The topological polar surface area (TPSA) is 78.9 Å². The van der Waals surface area contributed by atoms with Gasteiger partial charge in [-0.05, 0) is 12.8 Å². The summed E-state index contributed by atoms with van der Waals surface area (Å²) in [6.07, 6.45) is 5.98. The van der Waals surface area contributed by atoms with Gasteiger partial charge in [-0.25, -0.2) is 0 Å². The van der Waals surface area contributed by atoms with Crippen molar-refractivity contribution in [3.05, 3.63) is 12.2 Å². The average Bonchev–Trinajstić information content (AvgIpc) is 2.38. The van der Waals surface area contributed by atoms with Gasteiger partial charge in [0.2, 0.25) is 11.8 Å². The molecule has 2 N–H and O–H groups in total. The minimum Gasteiger partial charge on any atom is -0.394 e. The number of aliphatic hydroxyl groups is 1. The molecule has 0 aromatic heterocycles. The number of hydrogen-bond acceptors (Lipinski definition) is 4. The van der Waals surface area contributed by atoms with Crippen LogP contribution < -0.4 is 5.32 Å². The van der Waals surface area contributed by atoms with Crippen LogP contribution in [-0.4, -0.2) is 60.8 Å². The van der Waals surface area contributed by atoms with Crippen molar-refractivity contribution < 1.29 is 19.4 Å². The molecule has 0 bridgehead atoms. The van der Waals surface area contributed by atoms with Crippen molar-refractivity contribution in [1.82, 2.24) is 10.2 Å². The van der Waals surface area contributed by atoms with Crippen LogP contribution in [-0.2, 0) is 14.3 Å². The van der Waals surface area contributed by atoms with Crippen LogP contribution in [0.15, 0.2) is 12.2 Å². The van der Waals surface area contributed by atoms with E-state index in [-0.39, 0.29) is 42.9 Å². The molecule has 0 aromatic carbocycles. The van der Waals surface area contributed by atoms with Crippen LogP contribution in [0.2, 0.25) is 0 Å². The molecule has 0 radical (unpaired) electrons. The van der Waals surface area contributed by atoms with E-state index in [2.05, 4.69) is 5.32 Å². The Morgan fingerprint density at radius 3 is 2.57 bits per heavy atom. The molecule has 1 saturated carbocycles. The van der Waals surface area contributed by atoms with E-state index in [1.165, 1.54) is 4.90 Å². The van der Waals surface area contributed by atoms with Gasteiger partial charge in [0.25, 0.3) is 0 Å². The van der Waals surface area contributed by atoms with E-state index in [9.17, 15) is 14.7 Å². The van der Waals surface area contributed by atoms with Gasteiger partial charge in [-0.15, -0.1) is 0 Å². The maximum atomic E-state index is 12.0. The van der Waals surface area contributed by atoms with Crippen molar-refractivity contribution in [2.24, 2.45) is 5.92 Å². The van der Waals surface area contributed by atoms with Crippen LogP contribution in [0.1, 0.15) is 25.7 Å². The number of ether oxygens (including phenoxy) is 1. The van der Waals surface area contributed by atoms with Crippen LogP contribution in [0.4, 0.5) is 0 Å². The summed E-state index contributed by atoms with van der Waals surface area (Å²) in [4.78, 5) is 25.2. The molecule has 6 nitrogen and oxygen atoms in total. The lowest BCUT2D eigenvalue weighted by Crippen LogP contribution is -2.51. The normalized spacial score (nSPS) is 28.8. The first-order valence-electron chi connectivity index (χ1n) is 7.46. The van der Waals surface area contributed by atoms with Gasteiger partial charge in [0.1, 0.15) is 6.10 Å². The standard InChI is InChI=1S/C15H24N2O4/c1-17(2)14(19)8-11-6-7-12(13(9-18)21-11)16-15(20)10-4-3-5-10/h6-7,10-13,18H,3-5,8-9H2,1-2H3,(H,16,20)/t11-,12-,13-/m1/s1. The highest BCUT2D eigenvalue weighted by molar-refractivity contribution is 5.80. The van der Waals surface area contributed by atoms with E-state index < -0.39 is 6.10 Å². The number of carbonyl (C=O) groups is 2. The Morgan fingerprint density at radius 2 is 2.05 bits per heavy atom. The molecule has 6 heteroatoms. The van der Waals surface area contributed by atoms with Gasteiger partial charge in [0.15, 0.2) is 0 Å². The number of nitrogens with zero attached hydrogens (tertiary/aromatic N) is 1. The Labute approximate surface area is 125 Å². The molecule has 0 saturated heterocycles. The fraction of sp³-hybridized carbons (Fsp3) is 0.733. The first-order valence-corrected chi connectivity index (χ1v) is 7.46. The molecule has 1 fully saturated rings. The molecule has 1 aliphatic heterocycles. The predicted octanol–water partition coefficient (Wildman–Crippen LogP) is 0.0655. The van der Waals surface area contributed by atoms with E-state index in [0.717, 1.165) is 19.3 Å². The summed E-state index contributed by atoms with van der Waals surface area (Å²) >= 11 is 0. The quantitative estimate of drug-likeness (QED) is 0.704. The first kappa shape index (κ1) is 16.0. The third-order valence-corrected chi connectivity index (χ3v) is 4.12. The Bertz CT molecular complexity index is 418. The number of hydrogen-bond donors (Lipinski definition) is 2. The molecular weight excluding hydrogens is 272 g/mol. The van der Waals surface area contributed by atoms with E-state index in [0.29, 0.717) is 0 Å². The van der Waals surface area contributed by atoms with Crippen LogP contribution in [0.3, 0.4) is 0 Å². The summed E-state index contributed by atoms with van der Waals surface area (Å²) < 4.78 is 5.70. The molecule has 2 rings (SSSR count). The van der Waals surface area contributed by atoms with E-state index in [1.54, 1.807) is 20.2 Å². The van der Waals surface area contributed by atoms with Gasteiger partial charge in [-0.2, -0.15) is 0 Å². The average molecular weight is 296 g/mol. The fourth-order valence-corrected chi connectivity index (χ4v) is 2.44. The second-order valence-electron chi connectivity index (χ2n) is 5.93. The number of nitrogens with one attached hydrogen (secondary N) is 1. The van der Waals surface area contributed by atoms with Crippen molar-refractivity contribution in [3.63, 3.8) is 0 Å². The van der Waals surface area contributed by atoms with Crippen molar-refractivity contribution in [1.29, 1.82) is 0 Å². The summed E-state index contributed by atoms with van der Waals surface area (Å²) in [5.41, 5.74) is 0. The van der Waals surface area contributed by atoms with Crippen molar-refractivity contribution >= 4 is 11.8 Å². The highest BCUT2D eigenvalue weighted by Gasteiger charge is 2.32. The van der Waals surface area contributed by atoms with Gasteiger partial charge in [-0.3, -0.25) is 9.59 Å². The summed E-state index contributed by atoms with van der Waals surface area (Å²) in [5.74, 6) is 0.102. The predicted molar refractivity (Wildman–Crippen MR) is 77.5 cm³/mol. The van der Waals surface area contributed by atoms with Gasteiger partial charge in [-0.1, -0.05) is 18.6 Å². The maximum Gasteiger partial charge on any atom is 0.224 e. The second kappa shape index (κ2) is 7.04. The Balaban J connectivity index is 1.91. The molecular formula is C15H24N2O4. The number of aliphatic hydroxyl groups excluding tert-OH is 1. The third kappa shape index (κ3) is 4.04. The van der Waals surface area contributed by atoms with Crippen molar-refractivity contribution in [2.75, 3.05) is 20.7 Å². The monoisotopic (exact) mass is 296 g/mol. The van der Waals surface area contributed by atoms with Crippen molar-refractivity contribution in [2.45, 2.75) is 43.9 Å². The Hall–Kier alpha value is -1.40. The lowest BCUT2D eigenvalue weighted by Gasteiger charge is -2.34. The van der Waals surface area contributed by atoms with Gasteiger partial charge >= 0.3 is 0 Å². The molecule has 2 amide bonds. The SMILES string of the molecule is CN(C)C(=O)C[C@H]1C=C[C@@H](NC(=O)C2CCC2)[C@@H](CO)O1. The summed E-state index contributed by atoms with van der Waals surface area (Å²) in [5, 5.41) is 12.4. The fourth-order valence-electron chi connectivity index (χ4n) is 2.44. The van der Waals surface area contributed by atoms with E-state index in [1.807, 2.05) is 6.08 Å². The number of rotatable bonds is 5. The Morgan fingerprint density at radius 1 is 1.33 bits per heavy atom. The largest absolute Gasteiger partial charge is 0.394 e.